The molecule has 1 N–H and O–H groups in total. The summed E-state index contributed by atoms with van der Waals surface area (Å²) in [6.07, 6.45) is 9.13. The number of hydrogen-bond donors (Lipinski definition) is 1. The Morgan fingerprint density at radius 1 is 1.23 bits per heavy atom. The highest BCUT2D eigenvalue weighted by molar-refractivity contribution is 4.92. The van der Waals surface area contributed by atoms with Gasteiger partial charge in [0.1, 0.15) is 0 Å². The van der Waals surface area contributed by atoms with Crippen LogP contribution in [0.1, 0.15) is 32.1 Å². The maximum absolute atomic E-state index is 3.73. The van der Waals surface area contributed by atoms with Crippen molar-refractivity contribution in [2.75, 3.05) is 13.1 Å². The predicted molar refractivity (Wildman–Crippen MR) is 56.6 cm³/mol. The molecule has 0 saturated heterocycles. The van der Waals surface area contributed by atoms with E-state index in [4.69, 9.17) is 0 Å². The SMILES string of the molecule is C=CCCNCC(C1CC1)C1CC1. The highest BCUT2D eigenvalue weighted by atomic mass is 14.9. The van der Waals surface area contributed by atoms with E-state index in [0.717, 1.165) is 30.7 Å². The Morgan fingerprint density at radius 3 is 2.31 bits per heavy atom. The van der Waals surface area contributed by atoms with Crippen LogP contribution < -0.4 is 5.32 Å². The summed E-state index contributed by atoms with van der Waals surface area (Å²) in [5, 5.41) is 3.56. The van der Waals surface area contributed by atoms with Gasteiger partial charge in [0.2, 0.25) is 0 Å². The fourth-order valence-corrected chi connectivity index (χ4v) is 2.24. The molecule has 2 rings (SSSR count). The minimum atomic E-state index is 1.02. The summed E-state index contributed by atoms with van der Waals surface area (Å²) in [5.41, 5.74) is 0. The van der Waals surface area contributed by atoms with Gasteiger partial charge in [-0.2, -0.15) is 0 Å². The van der Waals surface area contributed by atoms with Crippen LogP contribution in [0, 0.1) is 17.8 Å². The van der Waals surface area contributed by atoms with E-state index in [0.29, 0.717) is 0 Å². The Bertz CT molecular complexity index is 156. The Balaban J connectivity index is 1.61. The van der Waals surface area contributed by atoms with Gasteiger partial charge in [-0.15, -0.1) is 6.58 Å². The van der Waals surface area contributed by atoms with E-state index in [1.54, 1.807) is 0 Å². The van der Waals surface area contributed by atoms with E-state index in [2.05, 4.69) is 11.9 Å². The molecule has 74 valence electrons. The standard InChI is InChI=1S/C12H21N/c1-2-3-8-13-9-12(10-4-5-10)11-6-7-11/h2,10-13H,1,3-9H2. The molecule has 13 heavy (non-hydrogen) atoms. The van der Waals surface area contributed by atoms with Crippen LogP contribution in [0.2, 0.25) is 0 Å². The molecule has 1 nitrogen and oxygen atoms in total. The van der Waals surface area contributed by atoms with Gasteiger partial charge >= 0.3 is 0 Å². The van der Waals surface area contributed by atoms with Crippen molar-refractivity contribution < 1.29 is 0 Å². The summed E-state index contributed by atoms with van der Waals surface area (Å²) >= 11 is 0. The van der Waals surface area contributed by atoms with Gasteiger partial charge in [-0.1, -0.05) is 6.08 Å². The summed E-state index contributed by atoms with van der Waals surface area (Å²) in [6.45, 7) is 6.12. The molecule has 0 aliphatic heterocycles. The highest BCUT2D eigenvalue weighted by Crippen LogP contribution is 2.48. The molecule has 0 spiro atoms. The second-order valence-corrected chi connectivity index (χ2v) is 4.62. The molecule has 2 aliphatic rings. The van der Waals surface area contributed by atoms with Crippen LogP contribution in [0.4, 0.5) is 0 Å². The van der Waals surface area contributed by atoms with Crippen LogP contribution in [0.5, 0.6) is 0 Å². The van der Waals surface area contributed by atoms with Crippen LogP contribution in [-0.2, 0) is 0 Å². The molecule has 0 radical (unpaired) electrons. The summed E-state index contributed by atoms with van der Waals surface area (Å²) in [7, 11) is 0. The van der Waals surface area contributed by atoms with Gasteiger partial charge in [0.25, 0.3) is 0 Å². The normalized spacial score (nSPS) is 22.2. The molecule has 2 fully saturated rings. The van der Waals surface area contributed by atoms with Crippen molar-refractivity contribution in [3.05, 3.63) is 12.7 Å². The molecule has 0 aromatic rings. The highest BCUT2D eigenvalue weighted by Gasteiger charge is 2.40. The quantitative estimate of drug-likeness (QED) is 0.468. The lowest BCUT2D eigenvalue weighted by molar-refractivity contribution is 0.381. The van der Waals surface area contributed by atoms with E-state index < -0.39 is 0 Å². The molecular weight excluding hydrogens is 158 g/mol. The number of nitrogens with one attached hydrogen (secondary N) is 1. The second-order valence-electron chi connectivity index (χ2n) is 4.62. The van der Waals surface area contributed by atoms with Gasteiger partial charge in [-0.25, -0.2) is 0 Å². The molecule has 0 bridgehead atoms. The minimum Gasteiger partial charge on any atom is -0.316 e. The van der Waals surface area contributed by atoms with Crippen LogP contribution in [-0.4, -0.2) is 13.1 Å². The predicted octanol–water partition coefficient (Wildman–Crippen LogP) is 2.59. The molecular formula is C12H21N. The Hall–Kier alpha value is -0.300. The van der Waals surface area contributed by atoms with Crippen LogP contribution in [0.15, 0.2) is 12.7 Å². The topological polar surface area (TPSA) is 12.0 Å². The molecule has 0 aromatic carbocycles. The van der Waals surface area contributed by atoms with E-state index >= 15 is 0 Å². The molecule has 0 atom stereocenters. The van der Waals surface area contributed by atoms with E-state index in [-0.39, 0.29) is 0 Å². The van der Waals surface area contributed by atoms with Crippen LogP contribution in [0.3, 0.4) is 0 Å². The molecule has 0 aromatic heterocycles. The smallest absolute Gasteiger partial charge is 0.00143 e. The lowest BCUT2D eigenvalue weighted by Crippen LogP contribution is -2.26. The lowest BCUT2D eigenvalue weighted by atomic mass is 9.98. The van der Waals surface area contributed by atoms with E-state index in [1.807, 2.05) is 6.08 Å². The third-order valence-corrected chi connectivity index (χ3v) is 3.36. The Labute approximate surface area is 81.6 Å². The van der Waals surface area contributed by atoms with Gasteiger partial charge in [0.15, 0.2) is 0 Å². The van der Waals surface area contributed by atoms with Crippen molar-refractivity contribution in [1.29, 1.82) is 0 Å². The molecule has 2 saturated carbocycles. The van der Waals surface area contributed by atoms with Gasteiger partial charge in [0, 0.05) is 0 Å². The Kier molecular flexibility index (Phi) is 3.05. The maximum Gasteiger partial charge on any atom is -0.00143 e. The summed E-state index contributed by atoms with van der Waals surface area (Å²) < 4.78 is 0. The average Bonchev–Trinajstić information content (AvgIpc) is 2.99. The zero-order valence-electron chi connectivity index (χ0n) is 8.47. The summed E-state index contributed by atoms with van der Waals surface area (Å²) in [5.74, 6) is 3.19. The number of hydrogen-bond acceptors (Lipinski definition) is 1. The molecule has 0 amide bonds. The van der Waals surface area contributed by atoms with E-state index in [1.165, 1.54) is 32.2 Å². The average molecular weight is 179 g/mol. The fourth-order valence-electron chi connectivity index (χ4n) is 2.24. The third kappa shape index (κ3) is 2.84. The first kappa shape index (κ1) is 9.26. The molecule has 0 heterocycles. The Morgan fingerprint density at radius 2 is 1.85 bits per heavy atom. The number of rotatable bonds is 7. The first-order chi connectivity index (χ1) is 6.42. The molecule has 1 heteroatoms. The van der Waals surface area contributed by atoms with Crippen molar-refractivity contribution in [2.45, 2.75) is 32.1 Å². The maximum atomic E-state index is 3.73. The van der Waals surface area contributed by atoms with Crippen molar-refractivity contribution in [3.63, 3.8) is 0 Å². The van der Waals surface area contributed by atoms with Gasteiger partial charge in [-0.05, 0) is 62.9 Å². The zero-order valence-corrected chi connectivity index (χ0v) is 8.47. The van der Waals surface area contributed by atoms with Crippen molar-refractivity contribution in [2.24, 2.45) is 17.8 Å². The first-order valence-electron chi connectivity index (χ1n) is 5.73. The summed E-state index contributed by atoms with van der Waals surface area (Å²) in [6, 6.07) is 0. The van der Waals surface area contributed by atoms with Crippen LogP contribution in [0.25, 0.3) is 0 Å². The fraction of sp³-hybridized carbons (Fsp3) is 0.833. The van der Waals surface area contributed by atoms with Crippen molar-refractivity contribution >= 4 is 0 Å². The molecule has 0 unspecified atom stereocenters. The second kappa shape index (κ2) is 4.28. The first-order valence-corrected chi connectivity index (χ1v) is 5.73. The van der Waals surface area contributed by atoms with E-state index in [9.17, 15) is 0 Å². The monoisotopic (exact) mass is 179 g/mol. The van der Waals surface area contributed by atoms with Crippen molar-refractivity contribution in [3.8, 4) is 0 Å². The minimum absolute atomic E-state index is 1.02. The van der Waals surface area contributed by atoms with Gasteiger partial charge in [0.05, 0.1) is 0 Å². The van der Waals surface area contributed by atoms with Crippen molar-refractivity contribution in [1.82, 2.24) is 5.32 Å². The largest absolute Gasteiger partial charge is 0.316 e. The van der Waals surface area contributed by atoms with Gasteiger partial charge < -0.3 is 5.32 Å². The third-order valence-electron chi connectivity index (χ3n) is 3.36. The summed E-state index contributed by atoms with van der Waals surface area (Å²) in [4.78, 5) is 0. The molecule has 2 aliphatic carbocycles. The van der Waals surface area contributed by atoms with Crippen LogP contribution >= 0.6 is 0 Å². The van der Waals surface area contributed by atoms with Gasteiger partial charge in [-0.3, -0.25) is 0 Å². The zero-order chi connectivity index (χ0) is 9.10. The lowest BCUT2D eigenvalue weighted by Gasteiger charge is -2.15.